The van der Waals surface area contributed by atoms with Gasteiger partial charge in [0.05, 0.1) is 5.69 Å². The van der Waals surface area contributed by atoms with Crippen LogP contribution in [-0.2, 0) is 13.1 Å². The molecule has 0 amide bonds. The number of anilines is 1. The lowest BCUT2D eigenvalue weighted by Gasteiger charge is -2.21. The van der Waals surface area contributed by atoms with Gasteiger partial charge in [0.15, 0.2) is 5.82 Å². The van der Waals surface area contributed by atoms with Gasteiger partial charge in [-0.2, -0.15) is 5.10 Å². The number of pyridine rings is 1. The summed E-state index contributed by atoms with van der Waals surface area (Å²) >= 11 is 0. The van der Waals surface area contributed by atoms with Gasteiger partial charge in [-0.05, 0) is 43.8 Å². The van der Waals surface area contributed by atoms with Crippen molar-refractivity contribution in [1.82, 2.24) is 20.5 Å². The van der Waals surface area contributed by atoms with E-state index in [4.69, 9.17) is 0 Å². The molecule has 0 fully saturated rings. The monoisotopic (exact) mass is 257 g/mol. The Balaban J connectivity index is 2.08. The van der Waals surface area contributed by atoms with Crippen LogP contribution in [0.1, 0.15) is 18.2 Å². The molecular formula is C14H19N5. The van der Waals surface area contributed by atoms with Crippen LogP contribution in [0, 0.1) is 0 Å². The van der Waals surface area contributed by atoms with Gasteiger partial charge in [0.25, 0.3) is 0 Å². The van der Waals surface area contributed by atoms with E-state index < -0.39 is 0 Å². The minimum Gasteiger partial charge on any atom is -0.351 e. The maximum absolute atomic E-state index is 4.28. The van der Waals surface area contributed by atoms with Gasteiger partial charge in [-0.1, -0.05) is 0 Å². The Labute approximate surface area is 113 Å². The third kappa shape index (κ3) is 3.72. The van der Waals surface area contributed by atoms with Crippen LogP contribution in [0.15, 0.2) is 36.7 Å². The first-order valence-electron chi connectivity index (χ1n) is 6.44. The highest BCUT2D eigenvalue weighted by molar-refractivity contribution is 5.38. The molecule has 0 atom stereocenters. The van der Waals surface area contributed by atoms with E-state index in [-0.39, 0.29) is 0 Å². The number of hydrogen-bond acceptors (Lipinski definition) is 5. The van der Waals surface area contributed by atoms with Gasteiger partial charge in [-0.25, -0.2) is 0 Å². The number of nitrogens with one attached hydrogen (secondary N) is 1. The standard InChI is InChI=1S/C14H19N5/c1-3-19(11-12-6-8-16-9-7-12)14-5-4-13(10-15-2)17-18-14/h4-9,15H,3,10-11H2,1-2H3. The quantitative estimate of drug-likeness (QED) is 0.852. The first-order chi connectivity index (χ1) is 9.33. The average molecular weight is 257 g/mol. The van der Waals surface area contributed by atoms with Gasteiger partial charge in [-0.15, -0.1) is 5.10 Å². The maximum atomic E-state index is 4.28. The summed E-state index contributed by atoms with van der Waals surface area (Å²) in [5.41, 5.74) is 2.17. The Morgan fingerprint density at radius 1 is 1.11 bits per heavy atom. The van der Waals surface area contributed by atoms with E-state index in [1.54, 1.807) is 0 Å². The van der Waals surface area contributed by atoms with Crippen LogP contribution in [0.4, 0.5) is 5.82 Å². The van der Waals surface area contributed by atoms with Gasteiger partial charge in [0.1, 0.15) is 0 Å². The molecule has 0 aliphatic carbocycles. The van der Waals surface area contributed by atoms with Gasteiger partial charge >= 0.3 is 0 Å². The largest absolute Gasteiger partial charge is 0.351 e. The first kappa shape index (κ1) is 13.4. The zero-order valence-electron chi connectivity index (χ0n) is 11.4. The molecule has 2 heterocycles. The summed E-state index contributed by atoms with van der Waals surface area (Å²) in [5.74, 6) is 0.902. The first-order valence-corrected chi connectivity index (χ1v) is 6.44. The summed E-state index contributed by atoms with van der Waals surface area (Å²) < 4.78 is 0. The molecule has 100 valence electrons. The summed E-state index contributed by atoms with van der Waals surface area (Å²) in [4.78, 5) is 6.22. The average Bonchev–Trinajstić information content (AvgIpc) is 2.47. The minimum absolute atomic E-state index is 0.740. The second-order valence-electron chi connectivity index (χ2n) is 4.28. The smallest absolute Gasteiger partial charge is 0.151 e. The zero-order chi connectivity index (χ0) is 13.5. The van der Waals surface area contributed by atoms with Crippen molar-refractivity contribution in [3.63, 3.8) is 0 Å². The van der Waals surface area contributed by atoms with Crippen LogP contribution in [0.5, 0.6) is 0 Å². The highest BCUT2D eigenvalue weighted by Crippen LogP contribution is 2.13. The third-order valence-electron chi connectivity index (χ3n) is 2.89. The molecule has 0 aliphatic heterocycles. The predicted molar refractivity (Wildman–Crippen MR) is 75.8 cm³/mol. The molecule has 2 aromatic rings. The fraction of sp³-hybridized carbons (Fsp3) is 0.357. The minimum atomic E-state index is 0.740. The van der Waals surface area contributed by atoms with Gasteiger partial charge in [0, 0.05) is 32.0 Å². The molecule has 2 aromatic heterocycles. The van der Waals surface area contributed by atoms with Crippen LogP contribution in [-0.4, -0.2) is 28.8 Å². The molecule has 0 unspecified atom stereocenters. The molecule has 19 heavy (non-hydrogen) atoms. The molecule has 0 spiro atoms. The SMILES string of the molecule is CCN(Cc1ccncc1)c1ccc(CNC)nn1. The molecule has 2 rings (SSSR count). The van der Waals surface area contributed by atoms with Crippen molar-refractivity contribution in [3.05, 3.63) is 47.9 Å². The molecule has 0 aliphatic rings. The van der Waals surface area contributed by atoms with Crippen LogP contribution in [0.25, 0.3) is 0 Å². The molecule has 0 saturated carbocycles. The summed E-state index contributed by atoms with van der Waals surface area (Å²) in [6.45, 7) is 4.57. The molecule has 5 nitrogen and oxygen atoms in total. The predicted octanol–water partition coefficient (Wildman–Crippen LogP) is 1.62. The van der Waals surface area contributed by atoms with Crippen molar-refractivity contribution in [1.29, 1.82) is 0 Å². The molecule has 0 saturated heterocycles. The van der Waals surface area contributed by atoms with Crippen molar-refractivity contribution >= 4 is 5.82 Å². The van der Waals surface area contributed by atoms with E-state index in [1.165, 1.54) is 5.56 Å². The van der Waals surface area contributed by atoms with Crippen molar-refractivity contribution in [2.45, 2.75) is 20.0 Å². The lowest BCUT2D eigenvalue weighted by atomic mass is 10.2. The number of rotatable bonds is 6. The zero-order valence-corrected chi connectivity index (χ0v) is 11.4. The lowest BCUT2D eigenvalue weighted by molar-refractivity contribution is 0.747. The topological polar surface area (TPSA) is 53.9 Å². The summed E-state index contributed by atoms with van der Waals surface area (Å²) in [5, 5.41) is 11.6. The van der Waals surface area contributed by atoms with Gasteiger partial charge in [0.2, 0.25) is 0 Å². The Morgan fingerprint density at radius 3 is 2.47 bits per heavy atom. The second kappa shape index (κ2) is 6.80. The van der Waals surface area contributed by atoms with Gasteiger partial charge in [-0.3, -0.25) is 4.98 Å². The number of hydrogen-bond donors (Lipinski definition) is 1. The van der Waals surface area contributed by atoms with E-state index in [0.717, 1.165) is 31.1 Å². The highest BCUT2D eigenvalue weighted by Gasteiger charge is 2.07. The normalized spacial score (nSPS) is 10.4. The second-order valence-corrected chi connectivity index (χ2v) is 4.28. The lowest BCUT2D eigenvalue weighted by Crippen LogP contribution is -2.23. The fourth-order valence-electron chi connectivity index (χ4n) is 1.86. The van der Waals surface area contributed by atoms with Crippen LogP contribution in [0.2, 0.25) is 0 Å². The molecule has 1 N–H and O–H groups in total. The molecular weight excluding hydrogens is 238 g/mol. The van der Waals surface area contributed by atoms with Crippen molar-refractivity contribution in [2.24, 2.45) is 0 Å². The molecule has 0 radical (unpaired) electrons. The number of aromatic nitrogens is 3. The molecule has 0 aromatic carbocycles. The summed E-state index contributed by atoms with van der Waals surface area (Å²) in [6.07, 6.45) is 3.62. The Hall–Kier alpha value is -2.01. The van der Waals surface area contributed by atoms with Gasteiger partial charge < -0.3 is 10.2 Å². The van der Waals surface area contributed by atoms with E-state index in [9.17, 15) is 0 Å². The Morgan fingerprint density at radius 2 is 1.89 bits per heavy atom. The van der Waals surface area contributed by atoms with Crippen LogP contribution < -0.4 is 10.2 Å². The summed E-state index contributed by atoms with van der Waals surface area (Å²) in [7, 11) is 1.90. The molecule has 5 heteroatoms. The fourth-order valence-corrected chi connectivity index (χ4v) is 1.86. The Kier molecular flexibility index (Phi) is 4.80. The van der Waals surface area contributed by atoms with E-state index in [2.05, 4.69) is 32.3 Å². The summed E-state index contributed by atoms with van der Waals surface area (Å²) in [6, 6.07) is 8.06. The van der Waals surface area contributed by atoms with Crippen LogP contribution in [0.3, 0.4) is 0 Å². The van der Waals surface area contributed by atoms with Crippen molar-refractivity contribution < 1.29 is 0 Å². The third-order valence-corrected chi connectivity index (χ3v) is 2.89. The van der Waals surface area contributed by atoms with Crippen LogP contribution >= 0.6 is 0 Å². The number of nitrogens with zero attached hydrogens (tertiary/aromatic N) is 4. The Bertz CT molecular complexity index is 483. The van der Waals surface area contributed by atoms with Crippen molar-refractivity contribution in [2.75, 3.05) is 18.5 Å². The van der Waals surface area contributed by atoms with Crippen molar-refractivity contribution in [3.8, 4) is 0 Å². The van der Waals surface area contributed by atoms with E-state index >= 15 is 0 Å². The van der Waals surface area contributed by atoms with E-state index in [1.807, 2.05) is 43.7 Å². The van der Waals surface area contributed by atoms with E-state index in [0.29, 0.717) is 0 Å². The maximum Gasteiger partial charge on any atom is 0.151 e. The highest BCUT2D eigenvalue weighted by atomic mass is 15.3. The molecule has 0 bridgehead atoms.